The molecule has 33 heavy (non-hydrogen) atoms. The van der Waals surface area contributed by atoms with Crippen molar-refractivity contribution in [1.82, 2.24) is 0 Å². The SMILES string of the molecule is [B]C1CC(OP(=O)(O)OCCCOP(=O)(O)OCCCOP(=O)(O)OCCCO)C(CC)O1. The van der Waals surface area contributed by atoms with Gasteiger partial charge in [-0.1, -0.05) is 6.92 Å². The minimum atomic E-state index is -4.41. The molecule has 18 heteroatoms. The first-order valence-electron chi connectivity index (χ1n) is 10.3. The number of phosphoric acid groups is 3. The molecule has 1 aliphatic heterocycles. The summed E-state index contributed by atoms with van der Waals surface area (Å²) < 4.78 is 69.1. The second-order valence-corrected chi connectivity index (χ2v) is 11.2. The summed E-state index contributed by atoms with van der Waals surface area (Å²) in [5.74, 6) is 0. The van der Waals surface area contributed by atoms with E-state index in [1.165, 1.54) is 0 Å². The summed E-state index contributed by atoms with van der Waals surface area (Å²) in [6.45, 7) is 0.243. The summed E-state index contributed by atoms with van der Waals surface area (Å²) in [7, 11) is -7.42. The van der Waals surface area contributed by atoms with Gasteiger partial charge in [0, 0.05) is 12.6 Å². The third-order valence-corrected chi connectivity index (χ3v) is 7.13. The molecule has 1 heterocycles. The summed E-state index contributed by atoms with van der Waals surface area (Å²) >= 11 is 0. The lowest BCUT2D eigenvalue weighted by atomic mass is 9.96. The molecule has 1 saturated heterocycles. The second kappa shape index (κ2) is 15.4. The van der Waals surface area contributed by atoms with Crippen molar-refractivity contribution in [3.8, 4) is 0 Å². The lowest BCUT2D eigenvalue weighted by molar-refractivity contribution is 0.0218. The fraction of sp³-hybridized carbons (Fsp3) is 1.00. The minimum Gasteiger partial charge on any atom is -0.396 e. The van der Waals surface area contributed by atoms with Gasteiger partial charge in [0.2, 0.25) is 0 Å². The molecule has 14 nitrogen and oxygen atoms in total. The Kier molecular flexibility index (Phi) is 14.7. The van der Waals surface area contributed by atoms with Crippen LogP contribution in [0, 0.1) is 0 Å². The highest BCUT2D eigenvalue weighted by Gasteiger charge is 2.38. The van der Waals surface area contributed by atoms with Crippen molar-refractivity contribution in [2.45, 2.75) is 57.2 Å². The zero-order valence-electron chi connectivity index (χ0n) is 18.3. The average molecular weight is 540 g/mol. The second-order valence-electron chi connectivity index (χ2n) is 6.86. The summed E-state index contributed by atoms with van der Waals surface area (Å²) in [6.07, 6.45) is -0.165. The molecule has 1 fully saturated rings. The Morgan fingerprint density at radius 1 is 0.818 bits per heavy atom. The van der Waals surface area contributed by atoms with E-state index in [1.807, 2.05) is 6.92 Å². The van der Waals surface area contributed by atoms with Crippen molar-refractivity contribution in [2.24, 2.45) is 0 Å². The first-order valence-corrected chi connectivity index (χ1v) is 14.8. The van der Waals surface area contributed by atoms with Crippen LogP contribution in [0.2, 0.25) is 0 Å². The van der Waals surface area contributed by atoms with Gasteiger partial charge in [-0.2, -0.15) is 0 Å². The van der Waals surface area contributed by atoms with E-state index >= 15 is 0 Å². The van der Waals surface area contributed by atoms with Gasteiger partial charge in [-0.15, -0.1) is 0 Å². The summed E-state index contributed by atoms with van der Waals surface area (Å²) in [5.41, 5.74) is 0. The van der Waals surface area contributed by atoms with Crippen molar-refractivity contribution >= 4 is 31.3 Å². The molecule has 0 aliphatic carbocycles. The largest absolute Gasteiger partial charge is 0.472 e. The Labute approximate surface area is 194 Å². The maximum atomic E-state index is 12.0. The van der Waals surface area contributed by atoms with Gasteiger partial charge >= 0.3 is 23.5 Å². The van der Waals surface area contributed by atoms with Crippen LogP contribution < -0.4 is 0 Å². The summed E-state index contributed by atoms with van der Waals surface area (Å²) in [5, 5.41) is 8.57. The molecular weight excluding hydrogens is 508 g/mol. The van der Waals surface area contributed by atoms with Crippen LogP contribution in [0.5, 0.6) is 0 Å². The topological polar surface area (TPSA) is 197 Å². The minimum absolute atomic E-state index is 0.0107. The van der Waals surface area contributed by atoms with Gasteiger partial charge < -0.3 is 24.5 Å². The van der Waals surface area contributed by atoms with Crippen molar-refractivity contribution < 1.29 is 65.4 Å². The molecule has 4 N–H and O–H groups in total. The van der Waals surface area contributed by atoms with Gasteiger partial charge in [0.25, 0.3) is 0 Å². The van der Waals surface area contributed by atoms with E-state index in [0.717, 1.165) is 0 Å². The molecule has 6 atom stereocenters. The molecule has 1 rings (SSSR count). The van der Waals surface area contributed by atoms with E-state index in [1.54, 1.807) is 0 Å². The van der Waals surface area contributed by atoms with Crippen molar-refractivity contribution in [2.75, 3.05) is 39.6 Å². The van der Waals surface area contributed by atoms with Gasteiger partial charge in [0.05, 0.1) is 45.2 Å². The molecule has 0 amide bonds. The highest BCUT2D eigenvalue weighted by Crippen LogP contribution is 2.48. The normalized spacial score (nSPS) is 26.5. The molecule has 0 aromatic rings. The standard InChI is InChI=1S/C15H32BO14P3/c1-2-13-14(12-15(16)29-13)30-33(22,23)28-11-5-10-27-32(20,21)26-9-4-8-25-31(18,19)24-7-3-6-17/h13-15,17H,2-12H2,1H3,(H,18,19)(H,20,21)(H,22,23). The van der Waals surface area contributed by atoms with Crippen LogP contribution in [-0.2, 0) is 45.6 Å². The molecule has 0 bridgehead atoms. The highest BCUT2D eigenvalue weighted by molar-refractivity contribution is 7.47. The summed E-state index contributed by atoms with van der Waals surface area (Å²) in [4.78, 5) is 28.7. The Balaban J connectivity index is 2.16. The number of phosphoric ester groups is 3. The zero-order valence-corrected chi connectivity index (χ0v) is 21.0. The number of rotatable bonds is 19. The predicted molar refractivity (Wildman–Crippen MR) is 114 cm³/mol. The van der Waals surface area contributed by atoms with Gasteiger partial charge in [-0.05, 0) is 32.1 Å². The van der Waals surface area contributed by atoms with Crippen LogP contribution in [0.3, 0.4) is 0 Å². The van der Waals surface area contributed by atoms with Crippen LogP contribution in [-0.4, -0.2) is 85.5 Å². The first kappa shape index (κ1) is 31.3. The van der Waals surface area contributed by atoms with E-state index in [4.69, 9.17) is 31.3 Å². The molecular formula is C15H32BO14P3. The van der Waals surface area contributed by atoms with E-state index in [2.05, 4.69) is 13.6 Å². The smallest absolute Gasteiger partial charge is 0.396 e. The number of hydrogen-bond donors (Lipinski definition) is 4. The van der Waals surface area contributed by atoms with Crippen LogP contribution >= 0.6 is 23.5 Å². The van der Waals surface area contributed by atoms with Crippen LogP contribution in [0.15, 0.2) is 0 Å². The molecule has 194 valence electrons. The van der Waals surface area contributed by atoms with Crippen molar-refractivity contribution in [3.63, 3.8) is 0 Å². The van der Waals surface area contributed by atoms with Gasteiger partial charge in [-0.3, -0.25) is 27.1 Å². The van der Waals surface area contributed by atoms with Gasteiger partial charge in [0.15, 0.2) is 0 Å². The van der Waals surface area contributed by atoms with Gasteiger partial charge in [-0.25, -0.2) is 13.7 Å². The average Bonchev–Trinajstić information content (AvgIpc) is 3.05. The Bertz CT molecular complexity index is 697. The summed E-state index contributed by atoms with van der Waals surface area (Å²) in [6, 6.07) is -0.586. The molecule has 2 radical (unpaired) electrons. The van der Waals surface area contributed by atoms with E-state index in [0.29, 0.717) is 6.42 Å². The third-order valence-electron chi connectivity index (χ3n) is 4.05. The highest BCUT2D eigenvalue weighted by atomic mass is 31.2. The zero-order chi connectivity index (χ0) is 25.0. The van der Waals surface area contributed by atoms with E-state index < -0.39 is 41.7 Å². The maximum absolute atomic E-state index is 12.0. The lowest BCUT2D eigenvalue weighted by Gasteiger charge is -2.20. The van der Waals surface area contributed by atoms with Crippen molar-refractivity contribution in [3.05, 3.63) is 0 Å². The Morgan fingerprint density at radius 2 is 1.24 bits per heavy atom. The van der Waals surface area contributed by atoms with Crippen LogP contribution in [0.4, 0.5) is 0 Å². The lowest BCUT2D eigenvalue weighted by Crippen LogP contribution is -2.23. The first-order chi connectivity index (χ1) is 15.4. The Morgan fingerprint density at radius 3 is 1.67 bits per heavy atom. The molecule has 0 saturated carbocycles. The Hall–Kier alpha value is 0.315. The molecule has 0 aromatic heterocycles. The monoisotopic (exact) mass is 540 g/mol. The molecule has 1 aliphatic rings. The third kappa shape index (κ3) is 14.5. The number of ether oxygens (including phenoxy) is 1. The van der Waals surface area contributed by atoms with Gasteiger partial charge in [0.1, 0.15) is 7.85 Å². The van der Waals surface area contributed by atoms with Crippen LogP contribution in [0.25, 0.3) is 0 Å². The number of aliphatic hydroxyl groups is 1. The van der Waals surface area contributed by atoms with Crippen LogP contribution in [0.1, 0.15) is 39.0 Å². The number of aliphatic hydroxyl groups excluding tert-OH is 1. The maximum Gasteiger partial charge on any atom is 0.472 e. The van der Waals surface area contributed by atoms with Crippen molar-refractivity contribution in [1.29, 1.82) is 0 Å². The fourth-order valence-electron chi connectivity index (χ4n) is 2.58. The van der Waals surface area contributed by atoms with E-state index in [9.17, 15) is 28.4 Å². The predicted octanol–water partition coefficient (Wildman–Crippen LogP) is 1.61. The fourth-order valence-corrected chi connectivity index (χ4v) is 5.15. The molecule has 0 spiro atoms. The quantitative estimate of drug-likeness (QED) is 0.105. The van der Waals surface area contributed by atoms with E-state index in [-0.39, 0.29) is 65.3 Å². The number of hydrogen-bond acceptors (Lipinski definition) is 11. The molecule has 6 unspecified atom stereocenters. The molecule has 0 aromatic carbocycles.